The normalized spacial score (nSPS) is 11.5. The third-order valence-corrected chi connectivity index (χ3v) is 5.33. The summed E-state index contributed by atoms with van der Waals surface area (Å²) in [5.41, 5.74) is 3.57. The fourth-order valence-corrected chi connectivity index (χ4v) is 3.36. The van der Waals surface area contributed by atoms with Crippen LogP contribution in [-0.2, 0) is 15.0 Å². The van der Waals surface area contributed by atoms with Crippen LogP contribution in [0.4, 0.5) is 5.82 Å². The molecule has 0 fully saturated rings. The number of nitrogens with one attached hydrogen (secondary N) is 1. The van der Waals surface area contributed by atoms with E-state index < -0.39 is 0 Å². The quantitative estimate of drug-likeness (QED) is 0.523. The maximum Gasteiger partial charge on any atom is 0.247 e. The first-order valence-corrected chi connectivity index (χ1v) is 11.2. The second-order valence-corrected chi connectivity index (χ2v) is 9.01. The number of carbonyl (C=O) groups excluding carboxylic acids is 2. The Morgan fingerprint density at radius 1 is 1.06 bits per heavy atom. The molecular formula is C27H32N4O2. The van der Waals surface area contributed by atoms with Gasteiger partial charge in [0.1, 0.15) is 12.4 Å². The first-order chi connectivity index (χ1) is 15.7. The average Bonchev–Trinajstić information content (AvgIpc) is 3.20. The van der Waals surface area contributed by atoms with Crippen LogP contribution in [-0.4, -0.2) is 39.6 Å². The number of nitrogens with zero attached hydrogens (tertiary/aromatic N) is 3. The molecule has 33 heavy (non-hydrogen) atoms. The molecule has 2 aromatic carbocycles. The Kier molecular flexibility index (Phi) is 7.48. The van der Waals surface area contributed by atoms with Gasteiger partial charge in [0.25, 0.3) is 0 Å². The Labute approximate surface area is 195 Å². The Morgan fingerprint density at radius 2 is 1.73 bits per heavy atom. The zero-order valence-electron chi connectivity index (χ0n) is 20.0. The van der Waals surface area contributed by atoms with Crippen molar-refractivity contribution >= 4 is 23.7 Å². The first-order valence-electron chi connectivity index (χ1n) is 11.2. The van der Waals surface area contributed by atoms with Gasteiger partial charge in [-0.05, 0) is 37.1 Å². The maximum absolute atomic E-state index is 12.9. The minimum atomic E-state index is -0.270. The Balaban J connectivity index is 1.78. The Bertz CT molecular complexity index is 1140. The molecule has 6 heteroatoms. The number of hydrogen-bond acceptors (Lipinski definition) is 3. The fourth-order valence-electron chi connectivity index (χ4n) is 3.36. The molecule has 0 saturated heterocycles. The van der Waals surface area contributed by atoms with Gasteiger partial charge in [-0.3, -0.25) is 9.59 Å². The van der Waals surface area contributed by atoms with Crippen molar-refractivity contribution in [2.75, 3.05) is 18.4 Å². The number of benzene rings is 2. The Hall–Kier alpha value is -3.67. The van der Waals surface area contributed by atoms with Crippen LogP contribution in [0.1, 0.15) is 44.5 Å². The summed E-state index contributed by atoms with van der Waals surface area (Å²) in [6, 6.07) is 19.4. The molecule has 0 unspecified atom stereocenters. The lowest BCUT2D eigenvalue weighted by molar-refractivity contribution is -0.130. The van der Waals surface area contributed by atoms with E-state index in [0.717, 1.165) is 22.5 Å². The van der Waals surface area contributed by atoms with Gasteiger partial charge in [0, 0.05) is 24.1 Å². The van der Waals surface area contributed by atoms with E-state index in [9.17, 15) is 9.59 Å². The third-order valence-electron chi connectivity index (χ3n) is 5.33. The molecule has 3 aromatic rings. The second-order valence-electron chi connectivity index (χ2n) is 9.01. The predicted octanol–water partition coefficient (Wildman–Crippen LogP) is 4.98. The van der Waals surface area contributed by atoms with Crippen LogP contribution in [0.2, 0.25) is 0 Å². The highest BCUT2D eigenvalue weighted by atomic mass is 16.2. The molecule has 0 atom stereocenters. The number of hydrogen-bond donors (Lipinski definition) is 1. The van der Waals surface area contributed by atoms with E-state index in [2.05, 4.69) is 26.1 Å². The largest absolute Gasteiger partial charge is 0.330 e. The molecule has 172 valence electrons. The SMILES string of the molecule is CCN(CC(=O)Nc1cc(C(C)(C)C)nn1-c1ccccc1C)C(=O)C=Cc1ccccc1. The van der Waals surface area contributed by atoms with Crippen molar-refractivity contribution in [3.05, 3.63) is 83.6 Å². The van der Waals surface area contributed by atoms with E-state index >= 15 is 0 Å². The predicted molar refractivity (Wildman–Crippen MR) is 133 cm³/mol. The van der Waals surface area contributed by atoms with E-state index in [1.807, 2.05) is 74.5 Å². The molecule has 0 spiro atoms. The topological polar surface area (TPSA) is 67.2 Å². The lowest BCUT2D eigenvalue weighted by atomic mass is 9.92. The van der Waals surface area contributed by atoms with Crippen LogP contribution in [0.15, 0.2) is 66.7 Å². The summed E-state index contributed by atoms with van der Waals surface area (Å²) < 4.78 is 1.77. The summed E-state index contributed by atoms with van der Waals surface area (Å²) in [5, 5.41) is 7.74. The van der Waals surface area contributed by atoms with Crippen LogP contribution in [0.5, 0.6) is 0 Å². The standard InChI is InChI=1S/C27H32N4O2/c1-6-30(26(33)17-16-21-13-8-7-9-14-21)19-25(32)28-24-18-23(27(3,4)5)29-31(24)22-15-11-10-12-20(22)2/h7-18H,6,19H2,1-5H3,(H,28,32). The van der Waals surface area contributed by atoms with Gasteiger partial charge in [0.15, 0.2) is 0 Å². The number of likely N-dealkylation sites (N-methyl/N-ethyl adjacent to an activating group) is 1. The molecular weight excluding hydrogens is 412 g/mol. The van der Waals surface area contributed by atoms with Crippen molar-refractivity contribution in [3.8, 4) is 5.69 Å². The molecule has 0 aliphatic heterocycles. The number of anilines is 1. The molecule has 6 nitrogen and oxygen atoms in total. The number of para-hydroxylation sites is 1. The van der Waals surface area contributed by atoms with Gasteiger partial charge in [-0.2, -0.15) is 5.10 Å². The minimum Gasteiger partial charge on any atom is -0.330 e. The lowest BCUT2D eigenvalue weighted by Gasteiger charge is -2.19. The molecule has 3 rings (SSSR count). The number of aryl methyl sites for hydroxylation is 1. The van der Waals surface area contributed by atoms with Gasteiger partial charge in [-0.1, -0.05) is 69.3 Å². The van der Waals surface area contributed by atoms with E-state index in [1.54, 1.807) is 10.8 Å². The summed E-state index contributed by atoms with van der Waals surface area (Å²) in [6.45, 7) is 10.5. The summed E-state index contributed by atoms with van der Waals surface area (Å²) in [4.78, 5) is 27.1. The van der Waals surface area contributed by atoms with E-state index in [-0.39, 0.29) is 23.8 Å². The molecule has 0 radical (unpaired) electrons. The molecule has 0 aliphatic carbocycles. The van der Waals surface area contributed by atoms with Crippen LogP contribution in [0.25, 0.3) is 11.8 Å². The smallest absolute Gasteiger partial charge is 0.247 e. The van der Waals surface area contributed by atoms with Gasteiger partial charge in [-0.15, -0.1) is 0 Å². The van der Waals surface area contributed by atoms with Gasteiger partial charge < -0.3 is 10.2 Å². The Morgan fingerprint density at radius 3 is 2.36 bits per heavy atom. The van der Waals surface area contributed by atoms with Crippen molar-refractivity contribution in [1.82, 2.24) is 14.7 Å². The maximum atomic E-state index is 12.9. The highest BCUT2D eigenvalue weighted by molar-refractivity contribution is 5.97. The van der Waals surface area contributed by atoms with E-state index in [1.165, 1.54) is 11.0 Å². The molecule has 1 heterocycles. The summed E-state index contributed by atoms with van der Waals surface area (Å²) in [7, 11) is 0. The molecule has 1 N–H and O–H groups in total. The van der Waals surface area contributed by atoms with Crippen molar-refractivity contribution in [2.45, 2.75) is 40.0 Å². The minimum absolute atomic E-state index is 0.0434. The molecule has 0 aliphatic rings. The van der Waals surface area contributed by atoms with Gasteiger partial charge in [0.05, 0.1) is 11.4 Å². The van der Waals surface area contributed by atoms with Crippen molar-refractivity contribution in [1.29, 1.82) is 0 Å². The highest BCUT2D eigenvalue weighted by Crippen LogP contribution is 2.27. The molecule has 2 amide bonds. The first kappa shape index (κ1) is 24.0. The summed E-state index contributed by atoms with van der Waals surface area (Å²) >= 11 is 0. The van der Waals surface area contributed by atoms with Crippen LogP contribution < -0.4 is 5.32 Å². The van der Waals surface area contributed by atoms with Gasteiger partial charge in [0.2, 0.25) is 11.8 Å². The number of aromatic nitrogens is 2. The molecule has 0 bridgehead atoms. The van der Waals surface area contributed by atoms with Crippen LogP contribution in [0, 0.1) is 6.92 Å². The number of carbonyl (C=O) groups is 2. The van der Waals surface area contributed by atoms with Gasteiger partial charge >= 0.3 is 0 Å². The van der Waals surface area contributed by atoms with Crippen LogP contribution >= 0.6 is 0 Å². The van der Waals surface area contributed by atoms with E-state index in [4.69, 9.17) is 5.10 Å². The zero-order chi connectivity index (χ0) is 24.0. The fraction of sp³-hybridized carbons (Fsp3) is 0.296. The number of rotatable bonds is 7. The molecule has 0 saturated carbocycles. The number of amides is 2. The van der Waals surface area contributed by atoms with E-state index in [0.29, 0.717) is 12.4 Å². The summed E-state index contributed by atoms with van der Waals surface area (Å²) in [5.74, 6) is 0.107. The zero-order valence-corrected chi connectivity index (χ0v) is 20.0. The van der Waals surface area contributed by atoms with Crippen molar-refractivity contribution < 1.29 is 9.59 Å². The average molecular weight is 445 g/mol. The van der Waals surface area contributed by atoms with Gasteiger partial charge in [-0.25, -0.2) is 4.68 Å². The highest BCUT2D eigenvalue weighted by Gasteiger charge is 2.23. The molecule has 1 aromatic heterocycles. The van der Waals surface area contributed by atoms with Crippen molar-refractivity contribution in [3.63, 3.8) is 0 Å². The second kappa shape index (κ2) is 10.3. The monoisotopic (exact) mass is 444 g/mol. The van der Waals surface area contributed by atoms with Crippen molar-refractivity contribution in [2.24, 2.45) is 0 Å². The summed E-state index contributed by atoms with van der Waals surface area (Å²) in [6.07, 6.45) is 3.26. The third kappa shape index (κ3) is 6.19. The lowest BCUT2D eigenvalue weighted by Crippen LogP contribution is -2.37. The van der Waals surface area contributed by atoms with Crippen LogP contribution in [0.3, 0.4) is 0 Å².